The molecular weight excluding hydrogens is 342 g/mol. The topological polar surface area (TPSA) is 0 Å². The number of rotatable bonds is 2. The van der Waals surface area contributed by atoms with Crippen molar-refractivity contribution in [3.05, 3.63) is 41.0 Å². The van der Waals surface area contributed by atoms with E-state index in [4.69, 9.17) is 0 Å². The van der Waals surface area contributed by atoms with Gasteiger partial charge in [-0.25, -0.2) is 0 Å². The Labute approximate surface area is 131 Å². The molecule has 3 heteroatoms. The van der Waals surface area contributed by atoms with Gasteiger partial charge in [0.25, 0.3) is 0 Å². The summed E-state index contributed by atoms with van der Waals surface area (Å²) in [6.45, 7) is 9.02. The van der Waals surface area contributed by atoms with E-state index in [9.17, 15) is 0 Å². The van der Waals surface area contributed by atoms with E-state index in [-0.39, 0.29) is 24.8 Å². The van der Waals surface area contributed by atoms with Gasteiger partial charge < -0.3 is 24.8 Å². The second-order valence-electron chi connectivity index (χ2n) is 5.14. The van der Waals surface area contributed by atoms with E-state index < -0.39 is 21.3 Å². The van der Waals surface area contributed by atoms with E-state index >= 15 is 0 Å². The van der Waals surface area contributed by atoms with Gasteiger partial charge in [0, 0.05) is 0 Å². The molecule has 0 radical (unpaired) electrons. The van der Waals surface area contributed by atoms with Crippen LogP contribution in [0.4, 0.5) is 0 Å². The molecule has 0 saturated heterocycles. The zero-order chi connectivity index (χ0) is 11.9. The molecule has 0 amide bonds. The minimum atomic E-state index is -1.71. The van der Waals surface area contributed by atoms with Gasteiger partial charge in [0.05, 0.1) is 0 Å². The Hall–Kier alpha value is 0.293. The Morgan fingerprint density at radius 1 is 0.833 bits per heavy atom. The van der Waals surface area contributed by atoms with Crippen molar-refractivity contribution >= 4 is 4.21 Å². The standard InChI is InChI=1S/2C7H9.CH2.2ClH.Zr/c2*1-6-3-4-7(2)5-6;;;;/h2*5H,3H2,1-2H3;1H2;2*1H;/q;;;;;+2/p-2. The molecule has 2 aliphatic rings. The van der Waals surface area contributed by atoms with Crippen LogP contribution in [0.15, 0.2) is 41.0 Å². The van der Waals surface area contributed by atoms with Crippen molar-refractivity contribution in [2.24, 2.45) is 0 Å². The second kappa shape index (κ2) is 7.18. The summed E-state index contributed by atoms with van der Waals surface area (Å²) >= 11 is -1.71. The zero-order valence-electron chi connectivity index (χ0n) is 11.5. The van der Waals surface area contributed by atoms with Gasteiger partial charge in [0.1, 0.15) is 0 Å². The van der Waals surface area contributed by atoms with Gasteiger partial charge in [0.2, 0.25) is 0 Å². The van der Waals surface area contributed by atoms with Gasteiger partial charge in [-0.2, -0.15) is 0 Å². The Morgan fingerprint density at radius 3 is 1.39 bits per heavy atom. The van der Waals surface area contributed by atoms with E-state index in [1.54, 1.807) is 6.56 Å². The summed E-state index contributed by atoms with van der Waals surface area (Å²) in [6.07, 6.45) is 7.12. The first-order valence-corrected chi connectivity index (χ1v) is 10.1. The van der Waals surface area contributed by atoms with E-state index in [0.29, 0.717) is 0 Å². The van der Waals surface area contributed by atoms with Crippen molar-refractivity contribution in [3.63, 3.8) is 0 Å². The molecule has 0 heterocycles. The monoisotopic (exact) mass is 360 g/mol. The molecule has 0 nitrogen and oxygen atoms in total. The molecule has 0 atom stereocenters. The molecule has 18 heavy (non-hydrogen) atoms. The maximum absolute atomic E-state index is 4.59. The van der Waals surface area contributed by atoms with Crippen LogP contribution in [0.3, 0.4) is 0 Å². The SMILES string of the molecule is [CH2]=[Zr+2]([C]1=C(C)C=C(C)C1)[C]1=C(C)C=C(C)C1.[Cl-].[Cl-]. The van der Waals surface area contributed by atoms with Crippen molar-refractivity contribution in [1.29, 1.82) is 0 Å². The van der Waals surface area contributed by atoms with Crippen LogP contribution < -0.4 is 24.8 Å². The first-order chi connectivity index (χ1) is 7.49. The van der Waals surface area contributed by atoms with Crippen LogP contribution in [-0.2, 0) is 21.3 Å². The third-order valence-electron chi connectivity index (χ3n) is 3.52. The maximum Gasteiger partial charge on any atom is -1.00 e. The molecule has 0 bridgehead atoms. The van der Waals surface area contributed by atoms with Crippen LogP contribution >= 0.6 is 0 Å². The third-order valence-corrected chi connectivity index (χ3v) is 9.91. The van der Waals surface area contributed by atoms with Gasteiger partial charge in [-0.15, -0.1) is 0 Å². The normalized spacial score (nSPS) is 17.7. The van der Waals surface area contributed by atoms with Crippen molar-refractivity contribution < 1.29 is 46.1 Å². The Morgan fingerprint density at radius 2 is 1.17 bits per heavy atom. The van der Waals surface area contributed by atoms with E-state index in [1.165, 1.54) is 35.1 Å². The van der Waals surface area contributed by atoms with Gasteiger partial charge >= 0.3 is 107 Å². The fourth-order valence-electron chi connectivity index (χ4n) is 2.72. The van der Waals surface area contributed by atoms with Crippen LogP contribution in [0.25, 0.3) is 0 Å². The Kier molecular flexibility index (Phi) is 7.29. The summed E-state index contributed by atoms with van der Waals surface area (Å²) in [7, 11) is 0. The fraction of sp³-hybridized carbons (Fsp3) is 0.400. The molecule has 0 aliphatic heterocycles. The van der Waals surface area contributed by atoms with Crippen molar-refractivity contribution in [3.8, 4) is 0 Å². The van der Waals surface area contributed by atoms with E-state index in [1.807, 2.05) is 0 Å². The minimum Gasteiger partial charge on any atom is -1.00 e. The first kappa shape index (κ1) is 18.3. The minimum absolute atomic E-state index is 0. The van der Waals surface area contributed by atoms with E-state index in [0.717, 1.165) is 0 Å². The van der Waals surface area contributed by atoms with Crippen molar-refractivity contribution in [1.82, 2.24) is 0 Å². The molecule has 2 rings (SSSR count). The Balaban J connectivity index is 0.00000144. The number of hydrogen-bond acceptors (Lipinski definition) is 0. The average molecular weight is 362 g/mol. The third kappa shape index (κ3) is 3.65. The van der Waals surface area contributed by atoms with Crippen LogP contribution in [0.2, 0.25) is 0 Å². The number of hydrogen-bond donors (Lipinski definition) is 0. The zero-order valence-corrected chi connectivity index (χ0v) is 15.5. The van der Waals surface area contributed by atoms with Gasteiger partial charge in [-0.3, -0.25) is 0 Å². The van der Waals surface area contributed by atoms with Crippen molar-refractivity contribution in [2.75, 3.05) is 0 Å². The fourth-order valence-corrected chi connectivity index (χ4v) is 8.73. The summed E-state index contributed by atoms with van der Waals surface area (Å²) in [6, 6.07) is 0. The summed E-state index contributed by atoms with van der Waals surface area (Å²) in [5, 5.41) is 0. The number of allylic oxidation sites excluding steroid dienone is 8. The molecule has 2 aliphatic carbocycles. The molecule has 98 valence electrons. The molecular formula is C15H20Cl2Zr. The molecule has 0 unspecified atom stereocenters. The largest absolute Gasteiger partial charge is 1.00 e. The van der Waals surface area contributed by atoms with Gasteiger partial charge in [0.15, 0.2) is 0 Å². The predicted molar refractivity (Wildman–Crippen MR) is 69.3 cm³/mol. The molecule has 0 N–H and O–H groups in total. The summed E-state index contributed by atoms with van der Waals surface area (Å²) < 4.78 is 8.03. The van der Waals surface area contributed by atoms with Crippen molar-refractivity contribution in [2.45, 2.75) is 40.5 Å². The second-order valence-corrected chi connectivity index (χ2v) is 10.5. The summed E-state index contributed by atoms with van der Waals surface area (Å²) in [5.41, 5.74) is 6.09. The predicted octanol–water partition coefficient (Wildman–Crippen LogP) is -1.71. The summed E-state index contributed by atoms with van der Waals surface area (Å²) in [4.78, 5) is 0. The van der Waals surface area contributed by atoms with Crippen LogP contribution in [-0.4, -0.2) is 4.21 Å². The van der Waals surface area contributed by atoms with E-state index in [2.05, 4.69) is 44.1 Å². The van der Waals surface area contributed by atoms with Gasteiger partial charge in [-0.1, -0.05) is 0 Å². The molecule has 0 fully saturated rings. The van der Waals surface area contributed by atoms with Crippen LogP contribution in [0, 0.1) is 0 Å². The van der Waals surface area contributed by atoms with Crippen LogP contribution in [0.1, 0.15) is 40.5 Å². The smallest absolute Gasteiger partial charge is 1.00 e. The van der Waals surface area contributed by atoms with Gasteiger partial charge in [-0.05, 0) is 0 Å². The molecule has 0 aromatic heterocycles. The number of halogens is 2. The average Bonchev–Trinajstić information content (AvgIpc) is 2.68. The van der Waals surface area contributed by atoms with Crippen LogP contribution in [0.5, 0.6) is 0 Å². The quantitative estimate of drug-likeness (QED) is 0.549. The molecule has 0 saturated carbocycles. The molecule has 0 spiro atoms. The first-order valence-electron chi connectivity index (χ1n) is 5.92. The molecule has 0 aromatic carbocycles. The Bertz CT molecular complexity index is 447. The molecule has 0 aromatic rings. The maximum atomic E-state index is 4.59. The summed E-state index contributed by atoms with van der Waals surface area (Å²) in [5.74, 6) is 0.